The van der Waals surface area contributed by atoms with Gasteiger partial charge in [0.05, 0.1) is 0 Å². The van der Waals surface area contributed by atoms with Crippen molar-refractivity contribution in [2.75, 3.05) is 0 Å². The molecule has 3 nitrogen and oxygen atoms in total. The monoisotopic (exact) mass is 295 g/mol. The minimum Gasteiger partial charge on any atom is -0.440 e. The molecule has 1 atom stereocenters. The van der Waals surface area contributed by atoms with Crippen LogP contribution in [0.5, 0.6) is 5.75 Å². The second kappa shape index (κ2) is 7.66. The molecule has 0 bridgehead atoms. The van der Waals surface area contributed by atoms with Crippen molar-refractivity contribution in [1.82, 2.24) is 0 Å². The first-order chi connectivity index (χ1) is 9.49. The molecular weight excluding hydrogens is 278 g/mol. The molecule has 105 valence electrons. The van der Waals surface area contributed by atoms with Gasteiger partial charge in [0.15, 0.2) is 0 Å². The van der Waals surface area contributed by atoms with Crippen LogP contribution in [-0.4, -0.2) is 24.4 Å². The topological polar surface area (TPSA) is 43.4 Å². The third-order valence-corrected chi connectivity index (χ3v) is 4.09. The van der Waals surface area contributed by atoms with Gasteiger partial charge >= 0.3 is 8.03 Å². The minimum atomic E-state index is -2.82. The molecule has 2 aromatic carbocycles. The molecule has 0 N–H and O–H groups in total. The molecule has 0 amide bonds. The summed E-state index contributed by atoms with van der Waals surface area (Å²) in [5.41, 5.74) is 2.84. The summed E-state index contributed by atoms with van der Waals surface area (Å²) < 4.78 is 17.4. The zero-order valence-corrected chi connectivity index (χ0v) is 13.8. The van der Waals surface area contributed by atoms with Crippen molar-refractivity contribution >= 4 is 32.4 Å². The van der Waals surface area contributed by atoms with Crippen LogP contribution >= 0.6 is 8.03 Å². The third kappa shape index (κ3) is 4.35. The molecule has 2 aromatic rings. The summed E-state index contributed by atoms with van der Waals surface area (Å²) in [5, 5.41) is 0. The summed E-state index contributed by atoms with van der Waals surface area (Å²) in [6.45, 7) is 5.67. The number of benzene rings is 2. The number of aryl methyl sites for hydroxylation is 3. The number of hydrogen-bond acceptors (Lipinski definition) is 3. The Kier molecular flexibility index (Phi) is 6.49. The molecule has 0 saturated heterocycles. The van der Waals surface area contributed by atoms with E-state index in [9.17, 15) is 9.36 Å². The number of hydrogen-bond donors (Lipinski definition) is 0. The van der Waals surface area contributed by atoms with Gasteiger partial charge < -0.3 is 4.52 Å². The summed E-state index contributed by atoms with van der Waals surface area (Å²) in [6.07, 6.45) is 0. The summed E-state index contributed by atoms with van der Waals surface area (Å²) in [6, 6.07) is 12.6. The zero-order valence-electron chi connectivity index (χ0n) is 12.8. The van der Waals surface area contributed by atoms with Crippen molar-refractivity contribution in [2.45, 2.75) is 20.8 Å². The molecule has 0 heterocycles. The van der Waals surface area contributed by atoms with Crippen LogP contribution in [0.4, 0.5) is 0 Å². The molecule has 0 aliphatic carbocycles. The first-order valence-electron chi connectivity index (χ1n) is 6.38. The van der Waals surface area contributed by atoms with Gasteiger partial charge in [-0.3, -0.25) is 9.36 Å². The van der Waals surface area contributed by atoms with Gasteiger partial charge in [0.2, 0.25) is 0 Å². The average molecular weight is 295 g/mol. The van der Waals surface area contributed by atoms with Crippen LogP contribution in [0.3, 0.4) is 0 Å². The van der Waals surface area contributed by atoms with Crippen molar-refractivity contribution in [3.63, 3.8) is 0 Å². The fraction of sp³-hybridized carbons (Fsp3) is 0.188. The molecule has 1 radical (unpaired) electrons. The predicted octanol–water partition coefficient (Wildman–Crippen LogP) is 3.92. The Hall–Kier alpha value is -1.26. The molecule has 0 spiro atoms. The summed E-state index contributed by atoms with van der Waals surface area (Å²) in [4.78, 5) is 12.3. The average Bonchev–Trinajstić information content (AvgIpc) is 2.38. The van der Waals surface area contributed by atoms with E-state index in [4.69, 9.17) is 4.52 Å². The Morgan fingerprint density at radius 1 is 1.00 bits per heavy atom. The van der Waals surface area contributed by atoms with Crippen molar-refractivity contribution in [3.8, 4) is 5.75 Å². The second-order valence-corrected chi connectivity index (χ2v) is 6.04. The Labute approximate surface area is 137 Å². The molecule has 0 saturated carbocycles. The van der Waals surface area contributed by atoms with E-state index in [0.29, 0.717) is 11.3 Å². The van der Waals surface area contributed by atoms with Crippen molar-refractivity contribution in [2.24, 2.45) is 0 Å². The van der Waals surface area contributed by atoms with Gasteiger partial charge in [0.25, 0.3) is 5.52 Å². The normalized spacial score (nSPS) is 11.4. The van der Waals surface area contributed by atoms with Gasteiger partial charge in [-0.1, -0.05) is 35.9 Å². The molecule has 2 rings (SSSR count). The SMILES string of the molecule is Cc1cc(C)c(C(=O)[PH](=O)Oc2ccccc2)c(C)c1.[Li]. The zero-order chi connectivity index (χ0) is 14.7. The molecule has 1 unspecified atom stereocenters. The van der Waals surface area contributed by atoms with Crippen LogP contribution < -0.4 is 4.52 Å². The van der Waals surface area contributed by atoms with E-state index in [1.165, 1.54) is 0 Å². The molecular formula is C16H17LiO3P. The van der Waals surface area contributed by atoms with Crippen LogP contribution in [0, 0.1) is 20.8 Å². The number of rotatable bonds is 4. The van der Waals surface area contributed by atoms with Crippen LogP contribution in [0.2, 0.25) is 0 Å². The molecule has 0 aliphatic rings. The fourth-order valence-electron chi connectivity index (χ4n) is 2.28. The largest absolute Gasteiger partial charge is 0.440 e. The molecule has 0 aliphatic heterocycles. The van der Waals surface area contributed by atoms with Gasteiger partial charge in [0.1, 0.15) is 5.75 Å². The summed E-state index contributed by atoms with van der Waals surface area (Å²) >= 11 is 0. The van der Waals surface area contributed by atoms with Gasteiger partial charge in [0, 0.05) is 24.4 Å². The Morgan fingerprint density at radius 2 is 1.52 bits per heavy atom. The van der Waals surface area contributed by atoms with Gasteiger partial charge in [-0.15, -0.1) is 0 Å². The van der Waals surface area contributed by atoms with Crippen LogP contribution in [0.25, 0.3) is 0 Å². The van der Waals surface area contributed by atoms with E-state index >= 15 is 0 Å². The first kappa shape index (κ1) is 17.8. The standard InChI is InChI=1S/C16H17O3P.Li/c1-11-9-12(2)15(13(3)10-11)16(17)20(18)19-14-7-5-4-6-8-14;/h4-10,20H,1-3H3;. The van der Waals surface area contributed by atoms with Crippen LogP contribution in [-0.2, 0) is 4.57 Å². The number of carbonyl (C=O) groups excluding carboxylic acids is 1. The summed E-state index contributed by atoms with van der Waals surface area (Å²) in [5.74, 6) is 0.451. The van der Waals surface area contributed by atoms with Crippen molar-refractivity contribution < 1.29 is 13.9 Å². The third-order valence-electron chi connectivity index (χ3n) is 3.04. The fourth-order valence-corrected chi connectivity index (χ4v) is 3.32. The maximum Gasteiger partial charge on any atom is 0.305 e. The minimum absolute atomic E-state index is 0. The first-order valence-corrected chi connectivity index (χ1v) is 7.70. The maximum absolute atomic E-state index is 12.3. The van der Waals surface area contributed by atoms with Gasteiger partial charge in [-0.2, -0.15) is 0 Å². The second-order valence-electron chi connectivity index (χ2n) is 4.81. The molecule has 0 fully saturated rings. The molecule has 5 heteroatoms. The van der Waals surface area contributed by atoms with E-state index in [2.05, 4.69) is 0 Å². The maximum atomic E-state index is 12.3. The quantitative estimate of drug-likeness (QED) is 0.634. The Balaban J connectivity index is 0.00000220. The van der Waals surface area contributed by atoms with E-state index in [1.54, 1.807) is 24.3 Å². The predicted molar refractivity (Wildman–Crippen MR) is 86.8 cm³/mol. The number of para-hydroxylation sites is 1. The van der Waals surface area contributed by atoms with Crippen molar-refractivity contribution in [1.29, 1.82) is 0 Å². The molecule has 0 aromatic heterocycles. The summed E-state index contributed by atoms with van der Waals surface area (Å²) in [7, 11) is -2.82. The van der Waals surface area contributed by atoms with E-state index in [0.717, 1.165) is 16.7 Å². The van der Waals surface area contributed by atoms with E-state index in [1.807, 2.05) is 39.0 Å². The van der Waals surface area contributed by atoms with Crippen molar-refractivity contribution in [3.05, 3.63) is 64.7 Å². The van der Waals surface area contributed by atoms with Crippen LogP contribution in [0.15, 0.2) is 42.5 Å². The van der Waals surface area contributed by atoms with E-state index in [-0.39, 0.29) is 18.9 Å². The Bertz CT molecular complexity index is 645. The van der Waals surface area contributed by atoms with Crippen LogP contribution in [0.1, 0.15) is 27.0 Å². The van der Waals surface area contributed by atoms with Gasteiger partial charge in [-0.25, -0.2) is 0 Å². The van der Waals surface area contributed by atoms with Gasteiger partial charge in [-0.05, 0) is 44.0 Å². The Morgan fingerprint density at radius 3 is 2.05 bits per heavy atom. The smallest absolute Gasteiger partial charge is 0.305 e. The van der Waals surface area contributed by atoms with E-state index < -0.39 is 13.6 Å². The molecule has 21 heavy (non-hydrogen) atoms. The number of carbonyl (C=O) groups is 1.